The Kier molecular flexibility index (Phi) is 11.0. The van der Waals surface area contributed by atoms with Gasteiger partial charge in [-0.15, -0.1) is 11.1 Å². The molecule has 0 amide bonds. The molecule has 0 saturated heterocycles. The van der Waals surface area contributed by atoms with Crippen molar-refractivity contribution in [3.8, 4) is 11.1 Å². The fourth-order valence-electron chi connectivity index (χ4n) is 3.55. The summed E-state index contributed by atoms with van der Waals surface area (Å²) in [7, 11) is 4.26. The molecule has 0 saturated carbocycles. The third-order valence-corrected chi connectivity index (χ3v) is 4.84. The van der Waals surface area contributed by atoms with Crippen LogP contribution in [0.1, 0.15) is 42.9 Å². The van der Waals surface area contributed by atoms with E-state index in [-0.39, 0.29) is 24.8 Å². The Labute approximate surface area is 203 Å². The minimum atomic E-state index is 0. The van der Waals surface area contributed by atoms with Gasteiger partial charge in [-0.2, -0.15) is 23.8 Å². The van der Waals surface area contributed by atoms with Gasteiger partial charge in [-0.1, -0.05) is 59.2 Å². The van der Waals surface area contributed by atoms with E-state index in [2.05, 4.69) is 93.5 Å². The van der Waals surface area contributed by atoms with Crippen LogP contribution >= 0.6 is 0 Å². The van der Waals surface area contributed by atoms with Crippen molar-refractivity contribution in [3.05, 3.63) is 83.0 Å². The molecule has 0 bridgehead atoms. The summed E-state index contributed by atoms with van der Waals surface area (Å²) in [5.74, 6) is 0.390. The number of hydrogen-bond acceptors (Lipinski definition) is 1. The van der Waals surface area contributed by atoms with Gasteiger partial charge in [0.1, 0.15) is 0 Å². The molecule has 2 aromatic rings. The van der Waals surface area contributed by atoms with Crippen molar-refractivity contribution in [2.45, 2.75) is 32.6 Å². The normalized spacial score (nSPS) is 15.4. The van der Waals surface area contributed by atoms with Crippen molar-refractivity contribution in [1.82, 2.24) is 4.90 Å². The second-order valence-electron chi connectivity index (χ2n) is 7.82. The van der Waals surface area contributed by atoms with Gasteiger partial charge in [0.2, 0.25) is 0 Å². The number of allylic oxidation sites excluding steroid dienone is 3. The second kappa shape index (κ2) is 12.2. The molecule has 4 heteroatoms. The van der Waals surface area contributed by atoms with Crippen molar-refractivity contribution in [3.63, 3.8) is 0 Å². The Morgan fingerprint density at radius 2 is 1.76 bits per heavy atom. The zero-order valence-electron chi connectivity index (χ0n) is 17.6. The Morgan fingerprint density at radius 1 is 1.07 bits per heavy atom. The first-order valence-corrected chi connectivity index (χ1v) is 10.9. The third kappa shape index (κ3) is 7.14. The van der Waals surface area contributed by atoms with Gasteiger partial charge in [-0.25, -0.2) is 0 Å². The van der Waals surface area contributed by atoms with Crippen molar-refractivity contribution >= 4 is 3.21 Å². The Morgan fingerprint density at radius 3 is 2.45 bits per heavy atom. The second-order valence-corrected chi connectivity index (χ2v) is 10.3. The average molecular weight is 505 g/mol. The Hall–Kier alpha value is -0.787. The van der Waals surface area contributed by atoms with Crippen LogP contribution in [0.2, 0.25) is 0 Å². The first-order chi connectivity index (χ1) is 12.9. The van der Waals surface area contributed by atoms with Gasteiger partial charge < -0.3 is 29.7 Å². The van der Waals surface area contributed by atoms with E-state index in [1.165, 1.54) is 36.6 Å². The van der Waals surface area contributed by atoms with E-state index < -0.39 is 0 Å². The topological polar surface area (TPSA) is 3.24 Å². The molecule has 29 heavy (non-hydrogen) atoms. The van der Waals surface area contributed by atoms with Crippen LogP contribution in [0.15, 0.2) is 60.2 Å². The molecule has 1 atom stereocenters. The number of rotatable bonds is 4. The summed E-state index contributed by atoms with van der Waals surface area (Å²) in [6.07, 6.45) is 9.13. The fourth-order valence-corrected chi connectivity index (χ4v) is 3.55. The average Bonchev–Trinajstić information content (AvgIpc) is 3.23. The summed E-state index contributed by atoms with van der Waals surface area (Å²) in [5, 5.41) is 0. The van der Waals surface area contributed by atoms with Crippen LogP contribution in [0.5, 0.6) is 0 Å². The maximum atomic E-state index is 3.69. The molecule has 152 valence electrons. The minimum Gasteiger partial charge on any atom is -1.00 e. The molecule has 2 aromatic carbocycles. The molecule has 0 fully saturated rings. The zero-order chi connectivity index (χ0) is 19.4. The quantitative estimate of drug-likeness (QED) is 0.427. The van der Waals surface area contributed by atoms with Crippen molar-refractivity contribution in [2.24, 2.45) is 0 Å². The van der Waals surface area contributed by atoms with Crippen LogP contribution in [0.4, 0.5) is 0 Å². The standard InChI is InChI=1S/C22H22N.C3H6.2ClH.Zr/c1-23(2)12-11-16-7-8-17(13-16)18-9-10-22-20(14-18)15-19-5-3-4-6-21(19)22;1-3-2;;;/h3-10,13,17H,11-12,15H2,1-2H3;1-2H3;2*1H;/q-1;;;;+2/p-2. The molecule has 0 heterocycles. The molecule has 0 spiro atoms. The summed E-state index contributed by atoms with van der Waals surface area (Å²) in [5.41, 5.74) is 8.28. The summed E-state index contributed by atoms with van der Waals surface area (Å²) >= 11 is 1.55. The zero-order valence-corrected chi connectivity index (χ0v) is 21.6. The maximum absolute atomic E-state index is 3.69. The van der Waals surface area contributed by atoms with Crippen LogP contribution < -0.4 is 24.8 Å². The van der Waals surface area contributed by atoms with E-state index in [1.807, 2.05) is 0 Å². The molecule has 0 aromatic heterocycles. The first kappa shape index (κ1) is 26.2. The summed E-state index contributed by atoms with van der Waals surface area (Å²) in [6.45, 7) is 5.35. The molecule has 0 N–H and O–H groups in total. The molecule has 1 unspecified atom stereocenters. The molecule has 2 aliphatic rings. The van der Waals surface area contributed by atoms with Crippen molar-refractivity contribution < 1.29 is 49.0 Å². The van der Waals surface area contributed by atoms with E-state index >= 15 is 0 Å². The van der Waals surface area contributed by atoms with Gasteiger partial charge in [-0.05, 0) is 32.9 Å². The third-order valence-electron chi connectivity index (χ3n) is 4.84. The molecule has 0 radical (unpaired) electrons. The fraction of sp³-hybridized carbons (Fsp3) is 0.320. The van der Waals surface area contributed by atoms with Gasteiger partial charge in [0.15, 0.2) is 0 Å². The van der Waals surface area contributed by atoms with Gasteiger partial charge in [0.25, 0.3) is 0 Å². The van der Waals surface area contributed by atoms with Crippen LogP contribution in [0.3, 0.4) is 0 Å². The van der Waals surface area contributed by atoms with Gasteiger partial charge >= 0.3 is 41.3 Å². The van der Waals surface area contributed by atoms with E-state index in [0.29, 0.717) is 5.92 Å². The van der Waals surface area contributed by atoms with Crippen LogP contribution in [0, 0.1) is 6.07 Å². The number of nitrogens with zero attached hydrogens (tertiary/aromatic N) is 1. The van der Waals surface area contributed by atoms with Crippen molar-refractivity contribution in [2.75, 3.05) is 20.6 Å². The molecule has 4 rings (SSSR count). The van der Waals surface area contributed by atoms with E-state index in [0.717, 1.165) is 19.4 Å². The maximum Gasteiger partial charge on any atom is -1.00 e. The molecular formula is C25H28Cl2NZr-. The Bertz CT molecular complexity index is 895. The molecule has 2 aliphatic carbocycles. The predicted octanol–water partition coefficient (Wildman–Crippen LogP) is -0.657. The Balaban J connectivity index is 0.000000646. The SMILES string of the molecule is CN(C)CCC1=CC(c2[c-]c3c(cc2)-c2ccccc2C3)C=C1.C[C](C)=[Zr+2].[Cl-].[Cl-]. The monoisotopic (exact) mass is 502 g/mol. The molecular weight excluding hydrogens is 476 g/mol. The smallest absolute Gasteiger partial charge is 1.00 e. The largest absolute Gasteiger partial charge is 1.00 e. The molecule has 1 nitrogen and oxygen atoms in total. The summed E-state index contributed by atoms with van der Waals surface area (Å²) in [6, 6.07) is 16.9. The summed E-state index contributed by atoms with van der Waals surface area (Å²) < 4.78 is 1.51. The van der Waals surface area contributed by atoms with Crippen LogP contribution in [0.25, 0.3) is 11.1 Å². The van der Waals surface area contributed by atoms with Gasteiger partial charge in [-0.3, -0.25) is 0 Å². The first-order valence-electron chi connectivity index (χ1n) is 9.63. The van der Waals surface area contributed by atoms with Gasteiger partial charge in [0.05, 0.1) is 0 Å². The van der Waals surface area contributed by atoms with Crippen LogP contribution in [-0.2, 0) is 30.7 Å². The summed E-state index contributed by atoms with van der Waals surface area (Å²) in [4.78, 5) is 2.24. The van der Waals surface area contributed by atoms with Gasteiger partial charge in [0, 0.05) is 6.54 Å². The predicted molar refractivity (Wildman–Crippen MR) is 113 cm³/mol. The van der Waals surface area contributed by atoms with Crippen LogP contribution in [-0.4, -0.2) is 28.7 Å². The van der Waals surface area contributed by atoms with Crippen molar-refractivity contribution in [1.29, 1.82) is 0 Å². The number of benzene rings is 2. The minimum absolute atomic E-state index is 0. The number of fused-ring (bicyclic) bond motifs is 3. The van der Waals surface area contributed by atoms with E-state index in [9.17, 15) is 0 Å². The number of hydrogen-bond donors (Lipinski definition) is 0. The number of halogens is 2. The van der Waals surface area contributed by atoms with E-state index in [1.54, 1.807) is 24.2 Å². The molecule has 0 aliphatic heterocycles. The van der Waals surface area contributed by atoms with E-state index in [4.69, 9.17) is 0 Å².